The highest BCUT2D eigenvalue weighted by Crippen LogP contribution is 2.26. The van der Waals surface area contributed by atoms with E-state index in [2.05, 4.69) is 26.1 Å². The second kappa shape index (κ2) is 13.9. The summed E-state index contributed by atoms with van der Waals surface area (Å²) in [5, 5.41) is 3.88. The number of rotatable bonds is 11. The van der Waals surface area contributed by atoms with Crippen molar-refractivity contribution in [1.82, 2.24) is 10.2 Å². The second-order valence-electron chi connectivity index (χ2n) is 10.9. The molecule has 0 aliphatic heterocycles. The number of halogens is 2. The van der Waals surface area contributed by atoms with Crippen LogP contribution in [0.2, 0.25) is 10.0 Å². The summed E-state index contributed by atoms with van der Waals surface area (Å²) in [5.74, 6) is 0.0758. The molecule has 0 spiro atoms. The lowest BCUT2D eigenvalue weighted by molar-refractivity contribution is -0.143. The quantitative estimate of drug-likeness (QED) is 0.265. The molecule has 0 radical (unpaired) electrons. The first-order chi connectivity index (χ1) is 18.5. The molecule has 39 heavy (non-hydrogen) atoms. The van der Waals surface area contributed by atoms with E-state index in [0.717, 1.165) is 17.5 Å². The van der Waals surface area contributed by atoms with Gasteiger partial charge in [-0.3, -0.25) is 9.59 Å². The van der Waals surface area contributed by atoms with Crippen molar-refractivity contribution in [2.45, 2.75) is 71.5 Å². The van der Waals surface area contributed by atoms with E-state index in [1.807, 2.05) is 74.5 Å². The summed E-state index contributed by atoms with van der Waals surface area (Å²) in [6, 6.07) is 21.9. The van der Waals surface area contributed by atoms with E-state index in [0.29, 0.717) is 22.2 Å². The van der Waals surface area contributed by atoms with Gasteiger partial charge in [0.15, 0.2) is 6.61 Å². The molecule has 3 aromatic rings. The minimum absolute atomic E-state index is 0.0125. The lowest BCUT2D eigenvalue weighted by Crippen LogP contribution is -2.53. The summed E-state index contributed by atoms with van der Waals surface area (Å²) in [7, 11) is 0. The first-order valence-electron chi connectivity index (χ1n) is 13.3. The van der Waals surface area contributed by atoms with Crippen LogP contribution in [0, 0.1) is 0 Å². The van der Waals surface area contributed by atoms with Crippen LogP contribution in [0.3, 0.4) is 0 Å². The van der Waals surface area contributed by atoms with E-state index >= 15 is 0 Å². The highest BCUT2D eigenvalue weighted by atomic mass is 35.5. The Hall–Kier alpha value is -3.02. The molecule has 0 saturated carbocycles. The normalized spacial score (nSPS) is 12.9. The summed E-state index contributed by atoms with van der Waals surface area (Å²) < 4.78 is 5.91. The molecule has 0 saturated heterocycles. The van der Waals surface area contributed by atoms with Gasteiger partial charge in [-0.25, -0.2) is 0 Å². The predicted octanol–water partition coefficient (Wildman–Crippen LogP) is 7.22. The summed E-state index contributed by atoms with van der Waals surface area (Å²) >= 11 is 12.4. The zero-order valence-electron chi connectivity index (χ0n) is 23.3. The van der Waals surface area contributed by atoms with Gasteiger partial charge in [0.25, 0.3) is 5.91 Å². The van der Waals surface area contributed by atoms with Crippen molar-refractivity contribution in [2.24, 2.45) is 0 Å². The molecule has 2 atom stereocenters. The Bertz CT molecular complexity index is 1240. The molecule has 208 valence electrons. The van der Waals surface area contributed by atoms with Crippen LogP contribution in [0.25, 0.3) is 0 Å². The van der Waals surface area contributed by atoms with Gasteiger partial charge in [-0.2, -0.15) is 0 Å². The lowest BCUT2D eigenvalue weighted by Gasteiger charge is -2.32. The Labute approximate surface area is 242 Å². The molecular weight excluding hydrogens is 531 g/mol. The van der Waals surface area contributed by atoms with Crippen molar-refractivity contribution in [3.8, 4) is 5.75 Å². The van der Waals surface area contributed by atoms with Crippen LogP contribution in [-0.4, -0.2) is 35.4 Å². The van der Waals surface area contributed by atoms with Crippen LogP contribution in [0.1, 0.15) is 57.7 Å². The zero-order chi connectivity index (χ0) is 28.6. The fourth-order valence-electron chi connectivity index (χ4n) is 4.11. The monoisotopic (exact) mass is 568 g/mol. The maximum absolute atomic E-state index is 13.8. The SMILES string of the molecule is CC[C@H](C)NC(=O)[C@@H](Cc1ccccc1)N(Cc1ccc(Cl)c(Cl)c1)C(=O)COc1ccc(C(C)(C)C)cc1. The molecule has 0 fully saturated rings. The third-order valence-corrected chi connectivity index (χ3v) is 7.43. The van der Waals surface area contributed by atoms with Crippen LogP contribution in [-0.2, 0) is 28.0 Å². The number of carbonyl (C=O) groups excluding carboxylic acids is 2. The minimum atomic E-state index is -0.754. The number of ether oxygens (including phenoxy) is 1. The summed E-state index contributed by atoms with van der Waals surface area (Å²) in [6.07, 6.45) is 1.13. The minimum Gasteiger partial charge on any atom is -0.484 e. The Kier molecular flexibility index (Phi) is 10.8. The molecule has 2 amide bonds. The number of carbonyl (C=O) groups is 2. The van der Waals surface area contributed by atoms with Gasteiger partial charge in [0, 0.05) is 19.0 Å². The first-order valence-corrected chi connectivity index (χ1v) is 14.0. The lowest BCUT2D eigenvalue weighted by atomic mass is 9.87. The van der Waals surface area contributed by atoms with Crippen molar-refractivity contribution in [1.29, 1.82) is 0 Å². The van der Waals surface area contributed by atoms with Crippen LogP contribution < -0.4 is 10.1 Å². The maximum atomic E-state index is 13.8. The predicted molar refractivity (Wildman–Crippen MR) is 159 cm³/mol. The van der Waals surface area contributed by atoms with Gasteiger partial charge in [-0.05, 0) is 59.7 Å². The zero-order valence-corrected chi connectivity index (χ0v) is 24.9. The van der Waals surface area contributed by atoms with Crippen LogP contribution in [0.4, 0.5) is 0 Å². The van der Waals surface area contributed by atoms with E-state index < -0.39 is 6.04 Å². The number of amides is 2. The number of hydrogen-bond donors (Lipinski definition) is 1. The number of hydrogen-bond acceptors (Lipinski definition) is 3. The van der Waals surface area contributed by atoms with Gasteiger partial charge in [0.1, 0.15) is 11.8 Å². The molecular formula is C32H38Cl2N2O3. The van der Waals surface area contributed by atoms with Crippen molar-refractivity contribution in [2.75, 3.05) is 6.61 Å². The number of nitrogens with one attached hydrogen (secondary N) is 1. The molecule has 0 aliphatic rings. The summed E-state index contributed by atoms with van der Waals surface area (Å²) in [6.45, 7) is 10.4. The maximum Gasteiger partial charge on any atom is 0.261 e. The molecule has 3 rings (SSSR count). The van der Waals surface area contributed by atoms with Gasteiger partial charge in [-0.15, -0.1) is 0 Å². The van der Waals surface area contributed by atoms with Gasteiger partial charge >= 0.3 is 0 Å². The average Bonchev–Trinajstić information content (AvgIpc) is 2.91. The van der Waals surface area contributed by atoms with Crippen LogP contribution in [0.5, 0.6) is 5.75 Å². The molecule has 7 heteroatoms. The molecule has 0 aliphatic carbocycles. The topological polar surface area (TPSA) is 58.6 Å². The van der Waals surface area contributed by atoms with E-state index in [1.54, 1.807) is 17.0 Å². The number of nitrogens with zero attached hydrogens (tertiary/aromatic N) is 1. The van der Waals surface area contributed by atoms with E-state index in [9.17, 15) is 9.59 Å². The standard InChI is InChI=1S/C32H38Cl2N2O3/c1-6-22(2)35-31(38)29(19-23-10-8-7-9-11-23)36(20-24-12-17-27(33)28(34)18-24)30(37)21-39-26-15-13-25(14-16-26)32(3,4)5/h7-18,22,29H,6,19-21H2,1-5H3,(H,35,38)/t22-,29+/m0/s1. The third kappa shape index (κ3) is 9.01. The largest absolute Gasteiger partial charge is 0.484 e. The smallest absolute Gasteiger partial charge is 0.261 e. The highest BCUT2D eigenvalue weighted by molar-refractivity contribution is 6.42. The fraction of sp³-hybridized carbons (Fsp3) is 0.375. The van der Waals surface area contributed by atoms with Gasteiger partial charge in [0.2, 0.25) is 5.91 Å². The van der Waals surface area contributed by atoms with Crippen molar-refractivity contribution in [3.05, 3.63) is 99.5 Å². The Morgan fingerprint density at radius 1 is 0.923 bits per heavy atom. The van der Waals surface area contributed by atoms with E-state index in [1.165, 1.54) is 5.56 Å². The molecule has 0 aromatic heterocycles. The van der Waals surface area contributed by atoms with E-state index in [4.69, 9.17) is 27.9 Å². The third-order valence-electron chi connectivity index (χ3n) is 6.69. The summed E-state index contributed by atoms with van der Waals surface area (Å²) in [5.41, 5.74) is 2.90. The first kappa shape index (κ1) is 30.5. The molecule has 0 unspecified atom stereocenters. The Morgan fingerprint density at radius 3 is 2.18 bits per heavy atom. The molecule has 5 nitrogen and oxygen atoms in total. The van der Waals surface area contributed by atoms with Gasteiger partial charge in [0.05, 0.1) is 10.0 Å². The Balaban J connectivity index is 1.91. The number of benzene rings is 3. The highest BCUT2D eigenvalue weighted by Gasteiger charge is 2.31. The van der Waals surface area contributed by atoms with Crippen molar-refractivity contribution in [3.63, 3.8) is 0 Å². The van der Waals surface area contributed by atoms with Crippen LogP contribution in [0.15, 0.2) is 72.8 Å². The molecule has 0 bridgehead atoms. The van der Waals surface area contributed by atoms with E-state index in [-0.39, 0.29) is 36.4 Å². The van der Waals surface area contributed by atoms with Gasteiger partial charge < -0.3 is 15.0 Å². The summed E-state index contributed by atoms with van der Waals surface area (Å²) in [4.78, 5) is 28.9. The van der Waals surface area contributed by atoms with Crippen LogP contribution >= 0.6 is 23.2 Å². The Morgan fingerprint density at radius 2 is 1.59 bits per heavy atom. The van der Waals surface area contributed by atoms with Gasteiger partial charge in [-0.1, -0.05) is 99.4 Å². The molecule has 0 heterocycles. The fourth-order valence-corrected chi connectivity index (χ4v) is 4.43. The molecule has 3 aromatic carbocycles. The second-order valence-corrected chi connectivity index (χ2v) is 11.7. The van der Waals surface area contributed by atoms with Crippen molar-refractivity contribution >= 4 is 35.0 Å². The molecule has 1 N–H and O–H groups in total. The van der Waals surface area contributed by atoms with Crippen molar-refractivity contribution < 1.29 is 14.3 Å². The average molecular weight is 570 g/mol.